The van der Waals surface area contributed by atoms with Crippen LogP contribution in [0.25, 0.3) is 6.08 Å². The number of hydrogen-bond acceptors (Lipinski definition) is 3. The summed E-state index contributed by atoms with van der Waals surface area (Å²) in [6.45, 7) is 1.57. The molecule has 0 bridgehead atoms. The lowest BCUT2D eigenvalue weighted by atomic mass is 10.1. The van der Waals surface area contributed by atoms with Crippen molar-refractivity contribution < 1.29 is 9.59 Å². The smallest absolute Gasteiger partial charge is 0.253 e. The molecule has 1 aromatic rings. The van der Waals surface area contributed by atoms with Gasteiger partial charge in [0.25, 0.3) is 5.91 Å². The highest BCUT2D eigenvalue weighted by molar-refractivity contribution is 8.13. The summed E-state index contributed by atoms with van der Waals surface area (Å²) in [7, 11) is 3.48. The lowest BCUT2D eigenvalue weighted by molar-refractivity contribution is -0.109. The van der Waals surface area contributed by atoms with Gasteiger partial charge in [-0.25, -0.2) is 0 Å². The number of rotatable bonds is 5. The van der Waals surface area contributed by atoms with E-state index in [1.165, 1.54) is 11.8 Å². The molecule has 0 saturated carbocycles. The van der Waals surface area contributed by atoms with Crippen molar-refractivity contribution >= 4 is 28.9 Å². The lowest BCUT2D eigenvalue weighted by Crippen LogP contribution is -2.21. The molecule has 3 nitrogen and oxygen atoms in total. The molecule has 0 heterocycles. The molecule has 0 spiro atoms. The van der Waals surface area contributed by atoms with E-state index in [4.69, 9.17) is 0 Å². The van der Waals surface area contributed by atoms with Gasteiger partial charge in [0, 0.05) is 32.3 Å². The van der Waals surface area contributed by atoms with Crippen LogP contribution in [0.4, 0.5) is 0 Å². The number of hydrogen-bond donors (Lipinski definition) is 0. The van der Waals surface area contributed by atoms with E-state index in [1.54, 1.807) is 25.9 Å². The number of benzene rings is 1. The Bertz CT molecular complexity index is 481. The SMILES string of the molecule is CC(=O)SCCC=Cc1cccc(C(=O)N(C)C)c1. The second-order valence-electron chi connectivity index (χ2n) is 4.36. The fraction of sp³-hybridized carbons (Fsp3) is 0.333. The predicted octanol–water partition coefficient (Wildman–Crippen LogP) is 3.07. The first-order chi connectivity index (χ1) is 9.00. The monoisotopic (exact) mass is 277 g/mol. The summed E-state index contributed by atoms with van der Waals surface area (Å²) in [5, 5.41) is 0.145. The molecule has 0 unspecified atom stereocenters. The molecule has 0 fully saturated rings. The largest absolute Gasteiger partial charge is 0.345 e. The van der Waals surface area contributed by atoms with E-state index in [9.17, 15) is 9.59 Å². The maximum absolute atomic E-state index is 11.8. The minimum atomic E-state index is 0.00221. The molecule has 1 amide bonds. The second kappa shape index (κ2) is 7.79. The minimum absolute atomic E-state index is 0.00221. The Hall–Kier alpha value is -1.55. The van der Waals surface area contributed by atoms with Crippen molar-refractivity contribution in [3.63, 3.8) is 0 Å². The van der Waals surface area contributed by atoms with E-state index in [0.29, 0.717) is 5.56 Å². The van der Waals surface area contributed by atoms with Gasteiger partial charge < -0.3 is 4.90 Å². The number of nitrogens with zero attached hydrogens (tertiary/aromatic N) is 1. The van der Waals surface area contributed by atoms with Crippen LogP contribution in [0.15, 0.2) is 30.3 Å². The van der Waals surface area contributed by atoms with Crippen LogP contribution in [0.3, 0.4) is 0 Å². The van der Waals surface area contributed by atoms with Gasteiger partial charge in [0.15, 0.2) is 5.12 Å². The van der Waals surface area contributed by atoms with Gasteiger partial charge in [0.2, 0.25) is 0 Å². The average Bonchev–Trinajstić information content (AvgIpc) is 2.37. The van der Waals surface area contributed by atoms with Crippen LogP contribution < -0.4 is 0 Å². The average molecular weight is 277 g/mol. The zero-order chi connectivity index (χ0) is 14.3. The number of thioether (sulfide) groups is 1. The summed E-state index contributed by atoms with van der Waals surface area (Å²) in [6.07, 6.45) is 4.85. The third-order valence-electron chi connectivity index (χ3n) is 2.44. The first kappa shape index (κ1) is 15.5. The molecule has 0 aliphatic heterocycles. The zero-order valence-corrected chi connectivity index (χ0v) is 12.4. The Balaban J connectivity index is 2.59. The van der Waals surface area contributed by atoms with E-state index in [-0.39, 0.29) is 11.0 Å². The Morgan fingerprint density at radius 1 is 1.32 bits per heavy atom. The first-order valence-electron chi connectivity index (χ1n) is 6.12. The third kappa shape index (κ3) is 5.75. The first-order valence-corrected chi connectivity index (χ1v) is 7.11. The molecule has 102 valence electrons. The molecule has 0 atom stereocenters. The molecule has 0 N–H and O–H groups in total. The van der Waals surface area contributed by atoms with Gasteiger partial charge in [-0.05, 0) is 24.1 Å². The lowest BCUT2D eigenvalue weighted by Gasteiger charge is -2.10. The van der Waals surface area contributed by atoms with Crippen molar-refractivity contribution in [1.82, 2.24) is 4.90 Å². The van der Waals surface area contributed by atoms with Gasteiger partial charge in [-0.2, -0.15) is 0 Å². The zero-order valence-electron chi connectivity index (χ0n) is 11.6. The molecule has 0 aliphatic rings. The maximum atomic E-state index is 11.8. The molecule has 0 aromatic heterocycles. The van der Waals surface area contributed by atoms with Gasteiger partial charge in [-0.1, -0.05) is 36.0 Å². The molecule has 0 radical (unpaired) electrons. The van der Waals surface area contributed by atoms with E-state index < -0.39 is 0 Å². The Morgan fingerprint density at radius 2 is 2.05 bits per heavy atom. The topological polar surface area (TPSA) is 37.4 Å². The Labute approximate surface area is 118 Å². The summed E-state index contributed by atoms with van der Waals surface area (Å²) in [5.74, 6) is 0.796. The fourth-order valence-corrected chi connectivity index (χ4v) is 2.07. The van der Waals surface area contributed by atoms with Crippen LogP contribution >= 0.6 is 11.8 Å². The minimum Gasteiger partial charge on any atom is -0.345 e. The van der Waals surface area contributed by atoms with Gasteiger partial charge in [-0.15, -0.1) is 0 Å². The van der Waals surface area contributed by atoms with Gasteiger partial charge in [-0.3, -0.25) is 9.59 Å². The Morgan fingerprint density at radius 3 is 2.68 bits per heavy atom. The van der Waals surface area contributed by atoms with Crippen molar-refractivity contribution in [3.8, 4) is 0 Å². The summed E-state index contributed by atoms with van der Waals surface area (Å²) in [5.41, 5.74) is 1.69. The van der Waals surface area contributed by atoms with Crippen molar-refractivity contribution in [1.29, 1.82) is 0 Å². The summed E-state index contributed by atoms with van der Waals surface area (Å²) in [6, 6.07) is 7.52. The van der Waals surface area contributed by atoms with Crippen LogP contribution in [0.5, 0.6) is 0 Å². The summed E-state index contributed by atoms with van der Waals surface area (Å²) in [4.78, 5) is 24.1. The standard InChI is InChI=1S/C15H19NO2S/c1-12(17)19-10-5-4-7-13-8-6-9-14(11-13)15(18)16(2)3/h4,6-9,11H,5,10H2,1-3H3. The molecule has 19 heavy (non-hydrogen) atoms. The van der Waals surface area contributed by atoms with Crippen molar-refractivity contribution in [2.45, 2.75) is 13.3 Å². The van der Waals surface area contributed by atoms with Gasteiger partial charge in [0.05, 0.1) is 0 Å². The van der Waals surface area contributed by atoms with E-state index in [2.05, 4.69) is 0 Å². The van der Waals surface area contributed by atoms with Crippen LogP contribution in [-0.4, -0.2) is 35.8 Å². The molecule has 1 aromatic carbocycles. The molecular weight excluding hydrogens is 258 g/mol. The normalized spacial score (nSPS) is 10.7. The Kier molecular flexibility index (Phi) is 6.36. The van der Waals surface area contributed by atoms with Crippen LogP contribution in [-0.2, 0) is 4.79 Å². The molecule has 1 rings (SSSR count). The van der Waals surface area contributed by atoms with Gasteiger partial charge in [0.1, 0.15) is 0 Å². The van der Waals surface area contributed by atoms with Crippen LogP contribution in [0, 0.1) is 0 Å². The molecule has 4 heteroatoms. The van der Waals surface area contributed by atoms with E-state index in [0.717, 1.165) is 17.7 Å². The summed E-state index contributed by atoms with van der Waals surface area (Å²) < 4.78 is 0. The van der Waals surface area contributed by atoms with E-state index in [1.807, 2.05) is 36.4 Å². The molecule has 0 saturated heterocycles. The highest BCUT2D eigenvalue weighted by Gasteiger charge is 2.06. The predicted molar refractivity (Wildman–Crippen MR) is 81.2 cm³/mol. The van der Waals surface area contributed by atoms with Crippen molar-refractivity contribution in [2.24, 2.45) is 0 Å². The number of amides is 1. The number of carbonyl (C=O) groups excluding carboxylic acids is 2. The van der Waals surface area contributed by atoms with Gasteiger partial charge >= 0.3 is 0 Å². The van der Waals surface area contributed by atoms with Crippen LogP contribution in [0.1, 0.15) is 29.3 Å². The number of carbonyl (C=O) groups is 2. The molecular formula is C15H19NO2S. The van der Waals surface area contributed by atoms with Crippen molar-refractivity contribution in [3.05, 3.63) is 41.5 Å². The fourth-order valence-electron chi connectivity index (χ4n) is 1.52. The second-order valence-corrected chi connectivity index (χ2v) is 5.63. The highest BCUT2D eigenvalue weighted by Crippen LogP contribution is 2.10. The maximum Gasteiger partial charge on any atom is 0.253 e. The quantitative estimate of drug-likeness (QED) is 0.776. The highest BCUT2D eigenvalue weighted by atomic mass is 32.2. The van der Waals surface area contributed by atoms with E-state index >= 15 is 0 Å². The third-order valence-corrected chi connectivity index (χ3v) is 3.29. The molecule has 0 aliphatic carbocycles. The van der Waals surface area contributed by atoms with Crippen LogP contribution in [0.2, 0.25) is 0 Å². The van der Waals surface area contributed by atoms with Crippen molar-refractivity contribution in [2.75, 3.05) is 19.8 Å². The number of allylic oxidation sites excluding steroid dienone is 1. The summed E-state index contributed by atoms with van der Waals surface area (Å²) >= 11 is 1.33.